The predicted molar refractivity (Wildman–Crippen MR) is 46.8 cm³/mol. The van der Waals surface area contributed by atoms with Crippen molar-refractivity contribution in [3.8, 4) is 5.75 Å². The molecular formula is C10H8F2O2. The molecule has 0 aromatic heterocycles. The highest BCUT2D eigenvalue weighted by Crippen LogP contribution is 2.16. The molecule has 4 heteroatoms. The Morgan fingerprint density at radius 3 is 2.50 bits per heavy atom. The standard InChI is InChI=1S/C10H8F2O2/c1-6(2)10(13)14-9-4-7(11)3-8(12)5-9/h3-5H,1H2,2H3/i2D3. The van der Waals surface area contributed by atoms with Crippen molar-refractivity contribution in [3.05, 3.63) is 42.0 Å². The highest BCUT2D eigenvalue weighted by atomic mass is 19.1. The van der Waals surface area contributed by atoms with Crippen molar-refractivity contribution in [2.75, 3.05) is 0 Å². The third-order valence-corrected chi connectivity index (χ3v) is 1.29. The third kappa shape index (κ3) is 2.65. The van der Waals surface area contributed by atoms with Crippen LogP contribution in [0.3, 0.4) is 0 Å². The van der Waals surface area contributed by atoms with Crippen LogP contribution in [0, 0.1) is 11.6 Å². The Hall–Kier alpha value is -1.71. The minimum atomic E-state index is -2.71. The van der Waals surface area contributed by atoms with E-state index >= 15 is 0 Å². The molecule has 1 aromatic carbocycles. The zero-order valence-electron chi connectivity index (χ0n) is 10.0. The van der Waals surface area contributed by atoms with Crippen LogP contribution in [0.4, 0.5) is 8.78 Å². The lowest BCUT2D eigenvalue weighted by Crippen LogP contribution is -2.08. The molecule has 0 saturated carbocycles. The molecule has 0 aliphatic rings. The number of carbonyl (C=O) groups is 1. The maximum Gasteiger partial charge on any atom is 0.338 e. The van der Waals surface area contributed by atoms with E-state index in [1.54, 1.807) is 0 Å². The molecule has 0 saturated heterocycles. The van der Waals surface area contributed by atoms with Crippen LogP contribution < -0.4 is 4.74 Å². The van der Waals surface area contributed by atoms with Gasteiger partial charge in [0.2, 0.25) is 0 Å². The van der Waals surface area contributed by atoms with Gasteiger partial charge in [-0.2, -0.15) is 0 Å². The van der Waals surface area contributed by atoms with Crippen LogP contribution in [0.2, 0.25) is 0 Å². The van der Waals surface area contributed by atoms with Gasteiger partial charge in [0.05, 0.1) is 0 Å². The second kappa shape index (κ2) is 4.00. The van der Waals surface area contributed by atoms with Gasteiger partial charge >= 0.3 is 5.97 Å². The predicted octanol–water partition coefficient (Wildman–Crippen LogP) is 2.45. The number of halogens is 2. The Kier molecular flexibility index (Phi) is 1.91. The first-order chi connectivity index (χ1) is 7.70. The van der Waals surface area contributed by atoms with Crippen LogP contribution >= 0.6 is 0 Å². The number of esters is 1. The van der Waals surface area contributed by atoms with Gasteiger partial charge in [0, 0.05) is 27.9 Å². The molecule has 0 atom stereocenters. The third-order valence-electron chi connectivity index (χ3n) is 1.29. The quantitative estimate of drug-likeness (QED) is 0.417. The normalized spacial score (nSPS) is 13.7. The van der Waals surface area contributed by atoms with Crippen LogP contribution in [0.15, 0.2) is 30.4 Å². The monoisotopic (exact) mass is 201 g/mol. The Labute approximate surface area is 84.0 Å². The van der Waals surface area contributed by atoms with Gasteiger partial charge in [-0.3, -0.25) is 0 Å². The molecule has 14 heavy (non-hydrogen) atoms. The lowest BCUT2D eigenvalue weighted by Gasteiger charge is -2.03. The van der Waals surface area contributed by atoms with Crippen LogP contribution in [0.1, 0.15) is 11.0 Å². The van der Waals surface area contributed by atoms with E-state index in [0.29, 0.717) is 6.07 Å². The van der Waals surface area contributed by atoms with Crippen LogP contribution in [0.5, 0.6) is 5.75 Å². The van der Waals surface area contributed by atoms with Crippen molar-refractivity contribution in [2.45, 2.75) is 6.85 Å². The summed E-state index contributed by atoms with van der Waals surface area (Å²) in [6.45, 7) is 0.337. The fraction of sp³-hybridized carbons (Fsp3) is 0.100. The van der Waals surface area contributed by atoms with Crippen molar-refractivity contribution in [1.82, 2.24) is 0 Å². The molecule has 0 spiro atoms. The van der Waals surface area contributed by atoms with Gasteiger partial charge < -0.3 is 4.74 Å². The first-order valence-corrected chi connectivity index (χ1v) is 3.58. The van der Waals surface area contributed by atoms with Gasteiger partial charge in [-0.1, -0.05) is 6.58 Å². The number of hydrogen-bond acceptors (Lipinski definition) is 2. The summed E-state index contributed by atoms with van der Waals surface area (Å²) in [4.78, 5) is 11.3. The van der Waals surface area contributed by atoms with E-state index in [1.165, 1.54) is 0 Å². The SMILES string of the molecule is [2H]C([2H])([2H])C(=C)C(=O)Oc1cc(F)cc(F)c1. The number of ether oxygens (including phenoxy) is 1. The number of benzene rings is 1. The van der Waals surface area contributed by atoms with Gasteiger partial charge in [0.1, 0.15) is 17.4 Å². The van der Waals surface area contributed by atoms with E-state index in [1.807, 2.05) is 0 Å². The fourth-order valence-electron chi connectivity index (χ4n) is 0.756. The lowest BCUT2D eigenvalue weighted by atomic mass is 10.3. The molecule has 0 N–H and O–H groups in total. The zero-order valence-corrected chi connectivity index (χ0v) is 7.01. The average molecular weight is 201 g/mol. The van der Waals surface area contributed by atoms with E-state index in [2.05, 4.69) is 11.3 Å². The fourth-order valence-corrected chi connectivity index (χ4v) is 0.756. The Morgan fingerprint density at radius 2 is 2.00 bits per heavy atom. The minimum Gasteiger partial charge on any atom is -0.423 e. The second-order valence-electron chi connectivity index (χ2n) is 2.47. The molecule has 0 bridgehead atoms. The summed E-state index contributed by atoms with van der Waals surface area (Å²) in [6.07, 6.45) is 0. The van der Waals surface area contributed by atoms with Crippen molar-refractivity contribution in [2.24, 2.45) is 0 Å². The Morgan fingerprint density at radius 1 is 1.43 bits per heavy atom. The first kappa shape index (κ1) is 6.70. The van der Waals surface area contributed by atoms with E-state index in [-0.39, 0.29) is 0 Å². The van der Waals surface area contributed by atoms with Gasteiger partial charge in [0.25, 0.3) is 0 Å². The Balaban J connectivity index is 2.85. The number of carbonyl (C=O) groups excluding carboxylic acids is 1. The van der Waals surface area contributed by atoms with E-state index in [9.17, 15) is 13.6 Å². The molecule has 74 valence electrons. The molecule has 0 heterocycles. The summed E-state index contributed by atoms with van der Waals surface area (Å²) in [5, 5.41) is 0. The van der Waals surface area contributed by atoms with Crippen LogP contribution in [-0.4, -0.2) is 5.97 Å². The second-order valence-corrected chi connectivity index (χ2v) is 2.47. The summed E-state index contributed by atoms with van der Waals surface area (Å²) in [7, 11) is 0. The smallest absolute Gasteiger partial charge is 0.338 e. The Bertz CT molecular complexity index is 449. The molecule has 0 amide bonds. The van der Waals surface area contributed by atoms with Crippen molar-refractivity contribution < 1.29 is 22.4 Å². The van der Waals surface area contributed by atoms with Gasteiger partial charge in [-0.05, 0) is 6.85 Å². The molecule has 0 aliphatic heterocycles. The molecule has 0 radical (unpaired) electrons. The highest BCUT2D eigenvalue weighted by Gasteiger charge is 2.07. The molecule has 1 rings (SSSR count). The summed E-state index contributed by atoms with van der Waals surface area (Å²) in [5.74, 6) is -3.55. The maximum atomic E-state index is 12.7. The van der Waals surface area contributed by atoms with Crippen molar-refractivity contribution >= 4 is 5.97 Å². The van der Waals surface area contributed by atoms with Gasteiger partial charge in [-0.15, -0.1) is 0 Å². The van der Waals surface area contributed by atoms with Crippen LogP contribution in [0.25, 0.3) is 0 Å². The van der Waals surface area contributed by atoms with E-state index < -0.39 is 35.8 Å². The zero-order chi connectivity index (χ0) is 13.2. The molecular weight excluding hydrogens is 190 g/mol. The van der Waals surface area contributed by atoms with Crippen LogP contribution in [-0.2, 0) is 4.79 Å². The summed E-state index contributed by atoms with van der Waals surface area (Å²) >= 11 is 0. The molecule has 0 aliphatic carbocycles. The first-order valence-electron chi connectivity index (χ1n) is 5.08. The molecule has 1 aromatic rings. The topological polar surface area (TPSA) is 26.3 Å². The molecule has 2 nitrogen and oxygen atoms in total. The summed E-state index contributed by atoms with van der Waals surface area (Å²) in [6, 6.07) is 2.11. The lowest BCUT2D eigenvalue weighted by molar-refractivity contribution is -0.130. The maximum absolute atomic E-state index is 12.7. The molecule has 0 fully saturated rings. The van der Waals surface area contributed by atoms with E-state index in [4.69, 9.17) is 4.11 Å². The summed E-state index contributed by atoms with van der Waals surface area (Å²) < 4.78 is 50.7. The highest BCUT2D eigenvalue weighted by molar-refractivity contribution is 5.88. The summed E-state index contributed by atoms with van der Waals surface area (Å²) in [5.41, 5.74) is -0.762. The number of rotatable bonds is 2. The average Bonchev–Trinajstić information content (AvgIpc) is 2.13. The van der Waals surface area contributed by atoms with Gasteiger partial charge in [0.15, 0.2) is 0 Å². The largest absolute Gasteiger partial charge is 0.423 e. The number of hydrogen-bond donors (Lipinski definition) is 0. The van der Waals surface area contributed by atoms with Crippen molar-refractivity contribution in [3.63, 3.8) is 0 Å². The van der Waals surface area contributed by atoms with Gasteiger partial charge in [-0.25, -0.2) is 13.6 Å². The van der Waals surface area contributed by atoms with Crippen molar-refractivity contribution in [1.29, 1.82) is 0 Å². The van der Waals surface area contributed by atoms with E-state index in [0.717, 1.165) is 12.1 Å². The minimum absolute atomic E-state index is 0.419. The molecule has 0 unspecified atom stereocenters.